The van der Waals surface area contributed by atoms with Crippen LogP contribution < -0.4 is 5.73 Å². The lowest BCUT2D eigenvalue weighted by Crippen LogP contribution is -2.02. The third-order valence-electron chi connectivity index (χ3n) is 2.10. The van der Waals surface area contributed by atoms with Crippen LogP contribution in [-0.2, 0) is 6.42 Å². The van der Waals surface area contributed by atoms with Crippen molar-refractivity contribution in [3.63, 3.8) is 0 Å². The largest absolute Gasteiger partial charge is 0.330 e. The van der Waals surface area contributed by atoms with Gasteiger partial charge in [-0.3, -0.25) is 0 Å². The molecule has 0 saturated heterocycles. The van der Waals surface area contributed by atoms with Crippen LogP contribution in [0.4, 0.5) is 4.39 Å². The van der Waals surface area contributed by atoms with E-state index in [9.17, 15) is 4.39 Å². The van der Waals surface area contributed by atoms with Crippen molar-refractivity contribution in [2.45, 2.75) is 6.42 Å². The summed E-state index contributed by atoms with van der Waals surface area (Å²) in [7, 11) is 0. The number of benzene rings is 1. The third-order valence-corrected chi connectivity index (χ3v) is 2.73. The zero-order chi connectivity index (χ0) is 11.5. The van der Waals surface area contributed by atoms with Gasteiger partial charge in [0.05, 0.1) is 17.6 Å². The Morgan fingerprint density at radius 1 is 1.44 bits per heavy atom. The molecule has 0 spiro atoms. The van der Waals surface area contributed by atoms with E-state index in [2.05, 4.69) is 26.2 Å². The molecular weight excluding hydrogens is 275 g/mol. The Morgan fingerprint density at radius 3 is 2.94 bits per heavy atom. The van der Waals surface area contributed by atoms with Gasteiger partial charge in [-0.25, -0.2) is 9.07 Å². The van der Waals surface area contributed by atoms with Gasteiger partial charge in [-0.15, -0.1) is 5.10 Å². The summed E-state index contributed by atoms with van der Waals surface area (Å²) in [6.07, 6.45) is 2.46. The molecule has 0 radical (unpaired) electrons. The predicted molar refractivity (Wildman–Crippen MR) is 61.8 cm³/mol. The van der Waals surface area contributed by atoms with Crippen LogP contribution in [0.25, 0.3) is 5.69 Å². The van der Waals surface area contributed by atoms with Gasteiger partial charge < -0.3 is 5.73 Å². The third kappa shape index (κ3) is 2.28. The van der Waals surface area contributed by atoms with Gasteiger partial charge in [0.15, 0.2) is 0 Å². The van der Waals surface area contributed by atoms with Crippen molar-refractivity contribution >= 4 is 15.9 Å². The molecule has 0 aliphatic rings. The molecule has 16 heavy (non-hydrogen) atoms. The molecule has 2 rings (SSSR count). The second-order valence-electron chi connectivity index (χ2n) is 3.29. The summed E-state index contributed by atoms with van der Waals surface area (Å²) in [4.78, 5) is 0. The Hall–Kier alpha value is -1.27. The molecule has 0 aliphatic carbocycles. The van der Waals surface area contributed by atoms with Crippen molar-refractivity contribution in [3.8, 4) is 5.69 Å². The summed E-state index contributed by atoms with van der Waals surface area (Å²) >= 11 is 3.28. The number of rotatable bonds is 3. The number of hydrogen-bond acceptors (Lipinski definition) is 3. The van der Waals surface area contributed by atoms with Gasteiger partial charge in [-0.2, -0.15) is 0 Å². The van der Waals surface area contributed by atoms with Crippen molar-refractivity contribution < 1.29 is 4.39 Å². The summed E-state index contributed by atoms with van der Waals surface area (Å²) in [6.45, 7) is 0.531. The van der Waals surface area contributed by atoms with E-state index in [-0.39, 0.29) is 5.82 Å². The van der Waals surface area contributed by atoms with Crippen LogP contribution in [0.3, 0.4) is 0 Å². The molecule has 0 unspecified atom stereocenters. The van der Waals surface area contributed by atoms with Crippen LogP contribution in [0, 0.1) is 5.82 Å². The first-order valence-corrected chi connectivity index (χ1v) is 5.56. The Kier molecular flexibility index (Phi) is 3.31. The topological polar surface area (TPSA) is 56.7 Å². The minimum atomic E-state index is -0.294. The van der Waals surface area contributed by atoms with Crippen molar-refractivity contribution in [2.24, 2.45) is 5.73 Å². The minimum absolute atomic E-state index is 0.294. The van der Waals surface area contributed by atoms with Crippen LogP contribution >= 0.6 is 15.9 Å². The highest BCUT2D eigenvalue weighted by Crippen LogP contribution is 2.21. The molecule has 0 atom stereocenters. The first kappa shape index (κ1) is 11.2. The Bertz CT molecular complexity index is 497. The van der Waals surface area contributed by atoms with Crippen molar-refractivity contribution in [1.82, 2.24) is 15.0 Å². The predicted octanol–water partition coefficient (Wildman–Crippen LogP) is 1.67. The van der Waals surface area contributed by atoms with Crippen LogP contribution in [0.2, 0.25) is 0 Å². The molecule has 0 amide bonds. The van der Waals surface area contributed by atoms with Crippen molar-refractivity contribution in [2.75, 3.05) is 6.54 Å². The average Bonchev–Trinajstić information content (AvgIpc) is 2.67. The number of aromatic nitrogens is 3. The molecule has 1 heterocycles. The fraction of sp³-hybridized carbons (Fsp3) is 0.200. The highest BCUT2D eigenvalue weighted by molar-refractivity contribution is 9.10. The smallest absolute Gasteiger partial charge is 0.124 e. The molecule has 6 heteroatoms. The van der Waals surface area contributed by atoms with Gasteiger partial charge in [0.25, 0.3) is 0 Å². The lowest BCUT2D eigenvalue weighted by Gasteiger charge is -2.02. The maximum absolute atomic E-state index is 12.9. The van der Waals surface area contributed by atoms with E-state index in [1.54, 1.807) is 16.9 Å². The molecule has 4 nitrogen and oxygen atoms in total. The van der Waals surface area contributed by atoms with Gasteiger partial charge in [0, 0.05) is 10.9 Å². The summed E-state index contributed by atoms with van der Waals surface area (Å²) in [6, 6.07) is 4.41. The van der Waals surface area contributed by atoms with Gasteiger partial charge in [0.2, 0.25) is 0 Å². The zero-order valence-electron chi connectivity index (χ0n) is 8.40. The maximum Gasteiger partial charge on any atom is 0.124 e. The summed E-state index contributed by atoms with van der Waals surface area (Å²) in [5.74, 6) is -0.294. The maximum atomic E-state index is 12.9. The fourth-order valence-electron chi connectivity index (χ4n) is 1.35. The molecule has 0 fully saturated rings. The lowest BCUT2D eigenvalue weighted by atomic mass is 10.3. The van der Waals surface area contributed by atoms with E-state index in [1.165, 1.54) is 12.1 Å². The van der Waals surface area contributed by atoms with E-state index in [0.29, 0.717) is 17.4 Å². The first-order chi connectivity index (χ1) is 7.70. The van der Waals surface area contributed by atoms with Gasteiger partial charge in [-0.05, 0) is 40.7 Å². The summed E-state index contributed by atoms with van der Waals surface area (Å²) in [5, 5.41) is 7.92. The number of nitrogens with two attached hydrogens (primary N) is 1. The molecule has 1 aromatic heterocycles. The quantitative estimate of drug-likeness (QED) is 0.933. The van der Waals surface area contributed by atoms with E-state index >= 15 is 0 Å². The second-order valence-corrected chi connectivity index (χ2v) is 4.14. The van der Waals surface area contributed by atoms with Gasteiger partial charge >= 0.3 is 0 Å². The SMILES string of the molecule is NCCc1cn(-c2ccc(F)cc2Br)nn1. The monoisotopic (exact) mass is 284 g/mol. The minimum Gasteiger partial charge on any atom is -0.330 e. The van der Waals surface area contributed by atoms with Gasteiger partial charge in [0.1, 0.15) is 5.82 Å². The fourth-order valence-corrected chi connectivity index (χ4v) is 1.88. The van der Waals surface area contributed by atoms with E-state index in [1.807, 2.05) is 0 Å². The van der Waals surface area contributed by atoms with E-state index in [0.717, 1.165) is 11.4 Å². The molecule has 1 aromatic carbocycles. The molecule has 0 bridgehead atoms. The number of hydrogen-bond donors (Lipinski definition) is 1. The van der Waals surface area contributed by atoms with E-state index < -0.39 is 0 Å². The Balaban J connectivity index is 2.35. The molecule has 0 aliphatic heterocycles. The molecule has 0 saturated carbocycles. The van der Waals surface area contributed by atoms with Crippen LogP contribution in [0.1, 0.15) is 5.69 Å². The van der Waals surface area contributed by atoms with E-state index in [4.69, 9.17) is 5.73 Å². The Labute approximate surface area is 100 Å². The molecule has 84 valence electrons. The van der Waals surface area contributed by atoms with Crippen LogP contribution in [0.15, 0.2) is 28.9 Å². The standard InChI is InChI=1S/C10H10BrFN4/c11-9-5-7(12)1-2-10(9)16-6-8(3-4-13)14-15-16/h1-2,5-6H,3-4,13H2. The second kappa shape index (κ2) is 4.71. The lowest BCUT2D eigenvalue weighted by molar-refractivity contribution is 0.625. The average molecular weight is 285 g/mol. The highest BCUT2D eigenvalue weighted by Gasteiger charge is 2.06. The molecular formula is C10H10BrFN4. The first-order valence-electron chi connectivity index (χ1n) is 4.77. The van der Waals surface area contributed by atoms with Crippen molar-refractivity contribution in [1.29, 1.82) is 0 Å². The Morgan fingerprint density at radius 2 is 2.25 bits per heavy atom. The number of nitrogens with zero attached hydrogens (tertiary/aromatic N) is 3. The summed E-state index contributed by atoms with van der Waals surface area (Å²) in [5.41, 5.74) is 6.99. The summed E-state index contributed by atoms with van der Waals surface area (Å²) < 4.78 is 15.1. The molecule has 2 aromatic rings. The van der Waals surface area contributed by atoms with Gasteiger partial charge in [-0.1, -0.05) is 5.21 Å². The van der Waals surface area contributed by atoms with Crippen LogP contribution in [-0.4, -0.2) is 21.5 Å². The number of halogens is 2. The normalized spacial score (nSPS) is 10.7. The highest BCUT2D eigenvalue weighted by atomic mass is 79.9. The zero-order valence-corrected chi connectivity index (χ0v) is 9.98. The van der Waals surface area contributed by atoms with Crippen molar-refractivity contribution in [3.05, 3.63) is 40.4 Å². The van der Waals surface area contributed by atoms with Crippen LogP contribution in [0.5, 0.6) is 0 Å². The molecule has 2 N–H and O–H groups in total.